The van der Waals surface area contributed by atoms with Gasteiger partial charge in [0.05, 0.1) is 0 Å². The zero-order valence-corrected chi connectivity index (χ0v) is 20.1. The van der Waals surface area contributed by atoms with E-state index in [1.165, 1.54) is 22.3 Å². The molecule has 0 radical (unpaired) electrons. The molecule has 0 heterocycles. The molecule has 4 aromatic rings. The predicted octanol–water partition coefficient (Wildman–Crippen LogP) is 6.38. The third kappa shape index (κ3) is 6.16. The second-order valence-electron chi connectivity index (χ2n) is 8.72. The van der Waals surface area contributed by atoms with Crippen molar-refractivity contribution in [2.45, 2.75) is 25.7 Å². The van der Waals surface area contributed by atoms with Crippen molar-refractivity contribution < 1.29 is 0 Å². The second kappa shape index (κ2) is 11.5. The quantitative estimate of drug-likeness (QED) is 0.270. The number of benzene rings is 4. The minimum Gasteiger partial charge on any atom is -0.0622 e. The van der Waals surface area contributed by atoms with Gasteiger partial charge in [-0.3, -0.25) is 0 Å². The van der Waals surface area contributed by atoms with E-state index in [0.29, 0.717) is 0 Å². The fourth-order valence-corrected chi connectivity index (χ4v) is 4.23. The molecule has 0 saturated carbocycles. The molecular weight excluding hydrogens is 432 g/mol. The number of rotatable bonds is 0. The first-order valence-electron chi connectivity index (χ1n) is 12.2. The highest BCUT2D eigenvalue weighted by atomic mass is 14.1. The molecule has 0 nitrogen and oxygen atoms in total. The van der Waals surface area contributed by atoms with Gasteiger partial charge in [-0.15, -0.1) is 0 Å². The summed E-state index contributed by atoms with van der Waals surface area (Å²) in [6.45, 7) is 0. The van der Waals surface area contributed by atoms with Crippen LogP contribution in [0.1, 0.15) is 44.5 Å². The van der Waals surface area contributed by atoms with Crippen LogP contribution in [-0.2, 0) is 25.7 Å². The van der Waals surface area contributed by atoms with Gasteiger partial charge in [-0.2, -0.15) is 0 Å². The van der Waals surface area contributed by atoms with E-state index in [0.717, 1.165) is 47.9 Å². The van der Waals surface area contributed by atoms with Gasteiger partial charge in [-0.25, -0.2) is 0 Å². The van der Waals surface area contributed by atoms with Crippen molar-refractivity contribution >= 4 is 0 Å². The summed E-state index contributed by atoms with van der Waals surface area (Å²) >= 11 is 0. The number of hydrogen-bond donors (Lipinski definition) is 0. The van der Waals surface area contributed by atoms with E-state index in [9.17, 15) is 0 Å². The van der Waals surface area contributed by atoms with E-state index in [1.807, 2.05) is 60.7 Å². The second-order valence-corrected chi connectivity index (χ2v) is 8.72. The SMILES string of the molecule is C(C#Cc1cc2ccc1CCc1ccc(cc1C#CC#Cc1ccccc1)CC2)#Cc1ccccc1. The summed E-state index contributed by atoms with van der Waals surface area (Å²) in [6, 6.07) is 33.3. The van der Waals surface area contributed by atoms with Gasteiger partial charge >= 0.3 is 0 Å². The molecule has 4 aliphatic rings. The summed E-state index contributed by atoms with van der Waals surface area (Å²) in [7, 11) is 0. The van der Waals surface area contributed by atoms with Crippen molar-refractivity contribution in [3.63, 3.8) is 0 Å². The van der Waals surface area contributed by atoms with Gasteiger partial charge in [-0.05, 0) is 108 Å². The van der Waals surface area contributed by atoms with Crippen LogP contribution in [-0.4, -0.2) is 0 Å². The van der Waals surface area contributed by atoms with Gasteiger partial charge < -0.3 is 0 Å². The lowest BCUT2D eigenvalue weighted by atomic mass is 9.91. The molecule has 0 saturated heterocycles. The van der Waals surface area contributed by atoms with Crippen LogP contribution in [0.15, 0.2) is 97.1 Å². The standard InChI is InChI=1S/C36H24/c1-3-11-29(12-4-1)15-7-9-17-35-27-31-19-20-32-22-24-34(26-25-33(35)23-21-31)36(28-32)18-10-8-16-30-13-5-2-6-14-30/h1-6,11-14,21-24,27-28H,19-20,25-26H2. The Bertz CT molecular complexity index is 1500. The first-order chi connectivity index (χ1) is 17.8. The molecule has 0 amide bonds. The lowest BCUT2D eigenvalue weighted by molar-refractivity contribution is 0.916. The maximum absolute atomic E-state index is 3.32. The Morgan fingerprint density at radius 1 is 0.389 bits per heavy atom. The Kier molecular flexibility index (Phi) is 7.31. The Morgan fingerprint density at radius 3 is 1.25 bits per heavy atom. The Morgan fingerprint density at radius 2 is 0.806 bits per heavy atom. The molecule has 36 heavy (non-hydrogen) atoms. The van der Waals surface area contributed by atoms with Crippen molar-refractivity contribution in [3.8, 4) is 47.4 Å². The van der Waals surface area contributed by atoms with Crippen LogP contribution in [0.25, 0.3) is 0 Å². The van der Waals surface area contributed by atoms with Crippen LogP contribution < -0.4 is 0 Å². The zero-order valence-electron chi connectivity index (χ0n) is 20.1. The smallest absolute Gasteiger partial charge is 0.0290 e. The van der Waals surface area contributed by atoms with Gasteiger partial charge in [0.15, 0.2) is 0 Å². The summed E-state index contributed by atoms with van der Waals surface area (Å²) in [4.78, 5) is 0. The van der Waals surface area contributed by atoms with Gasteiger partial charge in [0.1, 0.15) is 0 Å². The predicted molar refractivity (Wildman–Crippen MR) is 148 cm³/mol. The molecule has 0 aliphatic heterocycles. The lowest BCUT2D eigenvalue weighted by Gasteiger charge is -2.13. The number of aryl methyl sites for hydroxylation is 4. The van der Waals surface area contributed by atoms with Crippen molar-refractivity contribution in [1.29, 1.82) is 0 Å². The summed E-state index contributed by atoms with van der Waals surface area (Å²) in [5.41, 5.74) is 9.20. The van der Waals surface area contributed by atoms with Crippen molar-refractivity contribution in [2.75, 3.05) is 0 Å². The summed E-state index contributed by atoms with van der Waals surface area (Å²) < 4.78 is 0. The van der Waals surface area contributed by atoms with E-state index < -0.39 is 0 Å². The fourth-order valence-electron chi connectivity index (χ4n) is 4.23. The average Bonchev–Trinajstić information content (AvgIpc) is 2.92. The summed E-state index contributed by atoms with van der Waals surface area (Å²) in [5, 5.41) is 0. The normalized spacial score (nSPS) is 11.1. The van der Waals surface area contributed by atoms with E-state index in [2.05, 4.69) is 83.8 Å². The minimum absolute atomic E-state index is 0.903. The van der Waals surface area contributed by atoms with Crippen LogP contribution in [0.5, 0.6) is 0 Å². The fraction of sp³-hybridized carbons (Fsp3) is 0.111. The Labute approximate surface area is 214 Å². The highest BCUT2D eigenvalue weighted by Gasteiger charge is 2.09. The molecule has 0 aromatic heterocycles. The molecule has 0 spiro atoms. The molecule has 168 valence electrons. The van der Waals surface area contributed by atoms with E-state index in [4.69, 9.17) is 0 Å². The average molecular weight is 457 g/mol. The third-order valence-electron chi connectivity index (χ3n) is 6.20. The maximum Gasteiger partial charge on any atom is 0.0290 e. The Balaban J connectivity index is 1.39. The van der Waals surface area contributed by atoms with Crippen molar-refractivity contribution in [1.82, 2.24) is 0 Å². The summed E-state index contributed by atoms with van der Waals surface area (Å²) in [6.07, 6.45) is 3.73. The first kappa shape index (κ1) is 22.9. The highest BCUT2D eigenvalue weighted by Crippen LogP contribution is 2.21. The molecule has 4 aliphatic carbocycles. The molecule has 0 heteroatoms. The van der Waals surface area contributed by atoms with E-state index >= 15 is 0 Å². The topological polar surface area (TPSA) is 0 Å². The molecular formula is C36H24. The van der Waals surface area contributed by atoms with E-state index in [1.54, 1.807) is 0 Å². The molecule has 4 bridgehead atoms. The first-order valence-corrected chi connectivity index (χ1v) is 12.2. The third-order valence-corrected chi connectivity index (χ3v) is 6.20. The largest absolute Gasteiger partial charge is 0.0622 e. The highest BCUT2D eigenvalue weighted by molar-refractivity contribution is 5.52. The maximum atomic E-state index is 3.32. The van der Waals surface area contributed by atoms with Crippen LogP contribution >= 0.6 is 0 Å². The molecule has 0 fully saturated rings. The monoisotopic (exact) mass is 456 g/mol. The molecule has 8 rings (SSSR count). The van der Waals surface area contributed by atoms with Crippen LogP contribution in [0.2, 0.25) is 0 Å². The van der Waals surface area contributed by atoms with Gasteiger partial charge in [0.2, 0.25) is 0 Å². The van der Waals surface area contributed by atoms with Crippen molar-refractivity contribution in [3.05, 3.63) is 142 Å². The molecule has 4 aromatic carbocycles. The van der Waals surface area contributed by atoms with Gasteiger partial charge in [0.25, 0.3) is 0 Å². The number of hydrogen-bond acceptors (Lipinski definition) is 0. The van der Waals surface area contributed by atoms with Gasteiger partial charge in [0, 0.05) is 22.3 Å². The van der Waals surface area contributed by atoms with E-state index in [-0.39, 0.29) is 0 Å². The van der Waals surface area contributed by atoms with Crippen LogP contribution in [0.3, 0.4) is 0 Å². The Hall–Kier alpha value is -4.88. The molecule has 0 unspecified atom stereocenters. The molecule has 0 N–H and O–H groups in total. The van der Waals surface area contributed by atoms with Crippen LogP contribution in [0, 0.1) is 47.4 Å². The zero-order chi connectivity index (χ0) is 24.4. The molecule has 0 atom stereocenters. The lowest BCUT2D eigenvalue weighted by Crippen LogP contribution is -2.02. The van der Waals surface area contributed by atoms with Gasteiger partial charge in [-0.1, -0.05) is 84.3 Å². The minimum atomic E-state index is 0.903. The van der Waals surface area contributed by atoms with Crippen LogP contribution in [0.4, 0.5) is 0 Å². The summed E-state index contributed by atoms with van der Waals surface area (Å²) in [5.74, 6) is 25.0. The van der Waals surface area contributed by atoms with Crippen molar-refractivity contribution in [2.24, 2.45) is 0 Å².